The van der Waals surface area contributed by atoms with E-state index in [1.807, 2.05) is 30.3 Å². The lowest BCUT2D eigenvalue weighted by Gasteiger charge is -2.15. The minimum atomic E-state index is -0.564. The molecule has 0 aliphatic carbocycles. The number of nitrogens with one attached hydrogen (secondary N) is 1. The smallest absolute Gasteiger partial charge is 0.325 e. The number of nitrogens with zero attached hydrogens (tertiary/aromatic N) is 1. The van der Waals surface area contributed by atoms with Gasteiger partial charge in [0.1, 0.15) is 6.04 Å². The number of hydrogen-bond donors (Lipinski definition) is 1. The molecule has 0 bridgehead atoms. The molecule has 1 atom stereocenters. The first-order valence-corrected chi connectivity index (χ1v) is 7.90. The Bertz CT molecular complexity index is 729. The maximum atomic E-state index is 12.5. The van der Waals surface area contributed by atoms with E-state index in [2.05, 4.69) is 5.32 Å². The molecule has 1 fully saturated rings. The Hall–Kier alpha value is -2.04. The normalized spacial score (nSPS) is 17.5. The van der Waals surface area contributed by atoms with Crippen LogP contribution in [0.1, 0.15) is 11.1 Å². The third-order valence-corrected chi connectivity index (χ3v) is 4.48. The fourth-order valence-electron chi connectivity index (χ4n) is 2.56. The van der Waals surface area contributed by atoms with Crippen molar-refractivity contribution in [3.05, 3.63) is 69.7 Å². The van der Waals surface area contributed by atoms with Gasteiger partial charge in [-0.3, -0.25) is 9.69 Å². The van der Waals surface area contributed by atoms with Crippen LogP contribution in [0.25, 0.3) is 0 Å². The fraction of sp³-hybridized carbons (Fsp3) is 0.176. The van der Waals surface area contributed by atoms with Crippen LogP contribution in [-0.4, -0.2) is 22.9 Å². The van der Waals surface area contributed by atoms with Crippen molar-refractivity contribution in [2.75, 3.05) is 0 Å². The largest absolute Gasteiger partial charge is 0.325 e. The topological polar surface area (TPSA) is 49.4 Å². The summed E-state index contributed by atoms with van der Waals surface area (Å²) in [4.78, 5) is 25.8. The highest BCUT2D eigenvalue weighted by atomic mass is 35.5. The molecule has 3 amide bonds. The summed E-state index contributed by atoms with van der Waals surface area (Å²) >= 11 is 12.2. The molecule has 3 rings (SSSR count). The van der Waals surface area contributed by atoms with Crippen molar-refractivity contribution in [3.63, 3.8) is 0 Å². The summed E-state index contributed by atoms with van der Waals surface area (Å²) < 4.78 is 0. The molecule has 2 aromatic carbocycles. The zero-order valence-electron chi connectivity index (χ0n) is 12.1. The van der Waals surface area contributed by atoms with Crippen molar-refractivity contribution in [2.24, 2.45) is 0 Å². The lowest BCUT2D eigenvalue weighted by molar-refractivity contribution is -0.127. The highest BCUT2D eigenvalue weighted by Crippen LogP contribution is 2.27. The molecule has 1 aliphatic rings. The van der Waals surface area contributed by atoms with Gasteiger partial charge in [-0.1, -0.05) is 59.6 Å². The number of amides is 3. The van der Waals surface area contributed by atoms with E-state index in [0.29, 0.717) is 22.0 Å². The Kier molecular flexibility index (Phi) is 4.55. The number of imide groups is 1. The summed E-state index contributed by atoms with van der Waals surface area (Å²) in [6, 6.07) is 13.7. The molecule has 2 aromatic rings. The van der Waals surface area contributed by atoms with Gasteiger partial charge in [0, 0.05) is 22.0 Å². The average molecular weight is 349 g/mol. The molecule has 0 saturated carbocycles. The molecule has 1 aliphatic heterocycles. The number of urea groups is 1. The Morgan fingerprint density at radius 1 is 0.957 bits per heavy atom. The summed E-state index contributed by atoms with van der Waals surface area (Å²) in [5.74, 6) is -0.269. The lowest BCUT2D eigenvalue weighted by Crippen LogP contribution is -2.32. The maximum absolute atomic E-state index is 12.5. The highest BCUT2D eigenvalue weighted by molar-refractivity contribution is 6.36. The van der Waals surface area contributed by atoms with Crippen LogP contribution < -0.4 is 5.32 Å². The van der Waals surface area contributed by atoms with E-state index >= 15 is 0 Å². The van der Waals surface area contributed by atoms with E-state index in [0.717, 1.165) is 10.5 Å². The Balaban J connectivity index is 1.77. The van der Waals surface area contributed by atoms with Crippen LogP contribution in [0.15, 0.2) is 48.5 Å². The molecule has 23 heavy (non-hydrogen) atoms. The molecule has 1 unspecified atom stereocenters. The second kappa shape index (κ2) is 6.60. The fourth-order valence-corrected chi connectivity index (χ4v) is 3.07. The average Bonchev–Trinajstić information content (AvgIpc) is 2.79. The molecule has 6 heteroatoms. The van der Waals surface area contributed by atoms with Crippen molar-refractivity contribution in [3.8, 4) is 0 Å². The number of hydrogen-bond acceptors (Lipinski definition) is 2. The summed E-state index contributed by atoms with van der Waals surface area (Å²) in [6.07, 6.45) is 0.457. The predicted octanol–water partition coefficient (Wildman–Crippen LogP) is 3.66. The van der Waals surface area contributed by atoms with E-state index in [9.17, 15) is 9.59 Å². The first kappa shape index (κ1) is 15.8. The molecule has 0 aromatic heterocycles. The lowest BCUT2D eigenvalue weighted by atomic mass is 10.1. The predicted molar refractivity (Wildman–Crippen MR) is 89.5 cm³/mol. The van der Waals surface area contributed by atoms with Crippen molar-refractivity contribution in [2.45, 2.75) is 19.0 Å². The minimum absolute atomic E-state index is 0.0640. The van der Waals surface area contributed by atoms with Crippen molar-refractivity contribution >= 4 is 35.1 Å². The number of benzene rings is 2. The number of carbonyl (C=O) groups is 2. The van der Waals surface area contributed by atoms with E-state index in [-0.39, 0.29) is 12.5 Å². The maximum Gasteiger partial charge on any atom is 0.325 e. The number of rotatable bonds is 4. The molecule has 4 nitrogen and oxygen atoms in total. The summed E-state index contributed by atoms with van der Waals surface area (Å²) in [5, 5.41) is 3.58. The van der Waals surface area contributed by atoms with Crippen LogP contribution in [-0.2, 0) is 17.8 Å². The van der Waals surface area contributed by atoms with Crippen LogP contribution in [0, 0.1) is 0 Å². The van der Waals surface area contributed by atoms with Gasteiger partial charge in [-0.05, 0) is 17.7 Å². The molecular formula is C17H14Cl2N2O2. The first-order chi connectivity index (χ1) is 11.1. The molecule has 118 valence electrons. The zero-order chi connectivity index (χ0) is 16.4. The molecule has 1 saturated heterocycles. The van der Waals surface area contributed by atoms with Gasteiger partial charge in [0.05, 0.1) is 6.54 Å². The van der Waals surface area contributed by atoms with Crippen molar-refractivity contribution in [1.82, 2.24) is 10.2 Å². The van der Waals surface area contributed by atoms with Crippen LogP contribution in [0.5, 0.6) is 0 Å². The third kappa shape index (κ3) is 3.33. The summed E-state index contributed by atoms with van der Waals surface area (Å²) in [7, 11) is 0. The zero-order valence-corrected chi connectivity index (χ0v) is 13.6. The van der Waals surface area contributed by atoms with Gasteiger partial charge in [0.15, 0.2) is 0 Å². The van der Waals surface area contributed by atoms with E-state index < -0.39 is 12.1 Å². The highest BCUT2D eigenvalue weighted by Gasteiger charge is 2.38. The van der Waals surface area contributed by atoms with E-state index in [1.54, 1.807) is 18.2 Å². The van der Waals surface area contributed by atoms with Crippen molar-refractivity contribution in [1.29, 1.82) is 0 Å². The van der Waals surface area contributed by atoms with Gasteiger partial charge in [-0.2, -0.15) is 0 Å². The molecule has 0 radical (unpaired) electrons. The van der Waals surface area contributed by atoms with E-state index in [1.165, 1.54) is 0 Å². The summed E-state index contributed by atoms with van der Waals surface area (Å²) in [5.41, 5.74) is 1.56. The van der Waals surface area contributed by atoms with Gasteiger partial charge >= 0.3 is 6.03 Å². The van der Waals surface area contributed by atoms with Crippen LogP contribution in [0.2, 0.25) is 10.0 Å². The second-order valence-electron chi connectivity index (χ2n) is 5.32. The second-order valence-corrected chi connectivity index (χ2v) is 6.13. The Labute approximate surface area is 144 Å². The Morgan fingerprint density at radius 2 is 1.61 bits per heavy atom. The Morgan fingerprint density at radius 3 is 2.26 bits per heavy atom. The molecular weight excluding hydrogens is 335 g/mol. The molecule has 1 heterocycles. The van der Waals surface area contributed by atoms with Gasteiger partial charge in [-0.25, -0.2) is 4.79 Å². The van der Waals surface area contributed by atoms with E-state index in [4.69, 9.17) is 23.2 Å². The molecule has 0 spiro atoms. The third-order valence-electron chi connectivity index (χ3n) is 3.77. The van der Waals surface area contributed by atoms with Gasteiger partial charge in [0.25, 0.3) is 5.91 Å². The van der Waals surface area contributed by atoms with Crippen LogP contribution >= 0.6 is 23.2 Å². The standard InChI is InChI=1S/C17H14Cl2N2O2/c18-13-7-4-8-14(19)12(13)10-21-16(22)15(20-17(21)23)9-11-5-2-1-3-6-11/h1-8,15H,9-10H2,(H,20,23). The van der Waals surface area contributed by atoms with Crippen LogP contribution in [0.4, 0.5) is 4.79 Å². The number of halogens is 2. The van der Waals surface area contributed by atoms with Crippen LogP contribution in [0.3, 0.4) is 0 Å². The van der Waals surface area contributed by atoms with Crippen molar-refractivity contribution < 1.29 is 9.59 Å². The molecule has 1 N–H and O–H groups in total. The monoisotopic (exact) mass is 348 g/mol. The summed E-state index contributed by atoms with van der Waals surface area (Å²) in [6.45, 7) is 0.0640. The van der Waals surface area contributed by atoms with Gasteiger partial charge < -0.3 is 5.32 Å². The first-order valence-electron chi connectivity index (χ1n) is 7.15. The number of carbonyl (C=O) groups excluding carboxylic acids is 2. The van der Waals surface area contributed by atoms with Gasteiger partial charge in [0.2, 0.25) is 0 Å². The van der Waals surface area contributed by atoms with Gasteiger partial charge in [-0.15, -0.1) is 0 Å². The SMILES string of the molecule is O=C1NC(Cc2ccccc2)C(=O)N1Cc1c(Cl)cccc1Cl. The minimum Gasteiger partial charge on any atom is -0.325 e. The quantitative estimate of drug-likeness (QED) is 0.857.